The van der Waals surface area contributed by atoms with Crippen LogP contribution < -0.4 is 10.2 Å². The molecule has 2 rings (SSSR count). The van der Waals surface area contributed by atoms with Crippen LogP contribution in [0.3, 0.4) is 0 Å². The van der Waals surface area contributed by atoms with Crippen LogP contribution in [0.1, 0.15) is 34.0 Å². The van der Waals surface area contributed by atoms with E-state index in [0.29, 0.717) is 16.9 Å². The first-order valence-corrected chi connectivity index (χ1v) is 8.17. The van der Waals surface area contributed by atoms with Gasteiger partial charge < -0.3 is 9.47 Å². The average molecular weight is 354 g/mol. The second-order valence-corrected chi connectivity index (χ2v) is 5.77. The van der Waals surface area contributed by atoms with Crippen LogP contribution in [0.4, 0.5) is 0 Å². The molecule has 0 spiro atoms. The summed E-state index contributed by atoms with van der Waals surface area (Å²) < 4.78 is 10.4. The standard InChI is InChI=1S/C20H22N2O4/c1-13-8-7-11-18(14(13)2)26-15(3)19(23)22-21-12-16-9-5-6-10-17(16)20(24)25-4/h5-12,15H,1-4H3,(H,22,23)/b21-12-/t15-/m1/s1. The fourth-order valence-electron chi connectivity index (χ4n) is 2.26. The van der Waals surface area contributed by atoms with Crippen molar-refractivity contribution in [1.82, 2.24) is 5.43 Å². The number of carbonyl (C=O) groups excluding carboxylic acids is 2. The van der Waals surface area contributed by atoms with Crippen LogP contribution in [0.25, 0.3) is 0 Å². The number of hydrazone groups is 1. The first-order chi connectivity index (χ1) is 12.4. The molecule has 1 atom stereocenters. The van der Waals surface area contributed by atoms with E-state index in [1.807, 2.05) is 32.0 Å². The summed E-state index contributed by atoms with van der Waals surface area (Å²) in [5.41, 5.74) is 5.41. The summed E-state index contributed by atoms with van der Waals surface area (Å²) in [7, 11) is 1.31. The molecule has 136 valence electrons. The van der Waals surface area contributed by atoms with E-state index in [9.17, 15) is 9.59 Å². The summed E-state index contributed by atoms with van der Waals surface area (Å²) in [6.07, 6.45) is 0.679. The third kappa shape index (κ3) is 4.69. The van der Waals surface area contributed by atoms with E-state index in [2.05, 4.69) is 10.5 Å². The van der Waals surface area contributed by atoms with E-state index in [1.165, 1.54) is 13.3 Å². The van der Waals surface area contributed by atoms with Crippen LogP contribution in [0.2, 0.25) is 0 Å². The minimum absolute atomic E-state index is 0.368. The van der Waals surface area contributed by atoms with Crippen LogP contribution in [0.5, 0.6) is 5.75 Å². The van der Waals surface area contributed by atoms with Crippen LogP contribution in [-0.2, 0) is 9.53 Å². The number of benzene rings is 2. The largest absolute Gasteiger partial charge is 0.481 e. The minimum Gasteiger partial charge on any atom is -0.481 e. The maximum absolute atomic E-state index is 12.2. The highest BCUT2D eigenvalue weighted by molar-refractivity contribution is 5.99. The molecule has 0 saturated carbocycles. The lowest BCUT2D eigenvalue weighted by Gasteiger charge is -2.15. The Bertz CT molecular complexity index is 830. The molecular weight excluding hydrogens is 332 g/mol. The van der Waals surface area contributed by atoms with Gasteiger partial charge in [-0.3, -0.25) is 4.79 Å². The fourth-order valence-corrected chi connectivity index (χ4v) is 2.26. The van der Waals surface area contributed by atoms with Crippen molar-refractivity contribution in [2.24, 2.45) is 5.10 Å². The predicted molar refractivity (Wildman–Crippen MR) is 99.5 cm³/mol. The molecule has 0 bridgehead atoms. The number of nitrogens with one attached hydrogen (secondary N) is 1. The van der Waals surface area contributed by atoms with Crippen molar-refractivity contribution < 1.29 is 19.1 Å². The molecule has 0 aliphatic heterocycles. The Morgan fingerprint density at radius 3 is 2.58 bits per heavy atom. The molecule has 1 amide bonds. The zero-order chi connectivity index (χ0) is 19.1. The molecular formula is C20H22N2O4. The molecule has 2 aromatic carbocycles. The van der Waals surface area contributed by atoms with Crippen LogP contribution in [0.15, 0.2) is 47.6 Å². The van der Waals surface area contributed by atoms with E-state index in [4.69, 9.17) is 9.47 Å². The van der Waals surface area contributed by atoms with E-state index < -0.39 is 18.0 Å². The summed E-state index contributed by atoms with van der Waals surface area (Å²) in [4.78, 5) is 23.9. The fraction of sp³-hybridized carbons (Fsp3) is 0.250. The zero-order valence-corrected chi connectivity index (χ0v) is 15.3. The van der Waals surface area contributed by atoms with Gasteiger partial charge in [-0.15, -0.1) is 0 Å². The normalized spacial score (nSPS) is 11.8. The minimum atomic E-state index is -0.719. The molecule has 0 radical (unpaired) electrons. The van der Waals surface area contributed by atoms with Crippen molar-refractivity contribution >= 4 is 18.1 Å². The van der Waals surface area contributed by atoms with E-state index in [1.54, 1.807) is 31.2 Å². The molecule has 0 unspecified atom stereocenters. The van der Waals surface area contributed by atoms with Gasteiger partial charge in [0.05, 0.1) is 18.9 Å². The summed E-state index contributed by atoms with van der Waals surface area (Å²) >= 11 is 0. The number of methoxy groups -OCH3 is 1. The molecule has 2 aromatic rings. The van der Waals surface area contributed by atoms with Gasteiger partial charge in [-0.25, -0.2) is 10.2 Å². The Hall–Kier alpha value is -3.15. The average Bonchev–Trinajstić information content (AvgIpc) is 2.65. The van der Waals surface area contributed by atoms with Crippen molar-refractivity contribution in [3.8, 4) is 5.75 Å². The van der Waals surface area contributed by atoms with Gasteiger partial charge in [-0.1, -0.05) is 30.3 Å². The van der Waals surface area contributed by atoms with Gasteiger partial charge in [0.25, 0.3) is 5.91 Å². The second-order valence-electron chi connectivity index (χ2n) is 5.77. The number of hydrogen-bond acceptors (Lipinski definition) is 5. The molecule has 0 aromatic heterocycles. The lowest BCUT2D eigenvalue weighted by Crippen LogP contribution is -2.33. The Kier molecular flexibility index (Phi) is 6.49. The number of hydrogen-bond donors (Lipinski definition) is 1. The SMILES string of the molecule is COC(=O)c1ccccc1/C=N\NC(=O)[C@@H](C)Oc1cccc(C)c1C. The highest BCUT2D eigenvalue weighted by Gasteiger charge is 2.15. The van der Waals surface area contributed by atoms with Crippen molar-refractivity contribution in [2.45, 2.75) is 26.9 Å². The second kappa shape index (κ2) is 8.80. The van der Waals surface area contributed by atoms with Gasteiger partial charge in [0.2, 0.25) is 0 Å². The first-order valence-electron chi connectivity index (χ1n) is 8.17. The van der Waals surface area contributed by atoms with Crippen molar-refractivity contribution in [1.29, 1.82) is 0 Å². The summed E-state index contributed by atoms with van der Waals surface area (Å²) in [5.74, 6) is -0.199. The van der Waals surface area contributed by atoms with E-state index in [-0.39, 0.29) is 0 Å². The zero-order valence-electron chi connectivity index (χ0n) is 15.3. The van der Waals surface area contributed by atoms with Crippen molar-refractivity contribution in [3.05, 3.63) is 64.7 Å². The first kappa shape index (κ1) is 19.2. The van der Waals surface area contributed by atoms with Gasteiger partial charge in [0, 0.05) is 5.56 Å². The van der Waals surface area contributed by atoms with Crippen LogP contribution >= 0.6 is 0 Å². The number of aryl methyl sites for hydroxylation is 1. The number of esters is 1. The third-order valence-electron chi connectivity index (χ3n) is 3.97. The highest BCUT2D eigenvalue weighted by Crippen LogP contribution is 2.21. The van der Waals surface area contributed by atoms with Gasteiger partial charge >= 0.3 is 5.97 Å². The summed E-state index contributed by atoms with van der Waals surface area (Å²) in [6.45, 7) is 5.57. The van der Waals surface area contributed by atoms with Crippen molar-refractivity contribution in [3.63, 3.8) is 0 Å². The predicted octanol–water partition coefficient (Wildman–Crippen LogP) is 3.01. The molecule has 1 N–H and O–H groups in total. The molecule has 0 aliphatic rings. The highest BCUT2D eigenvalue weighted by atomic mass is 16.5. The number of amides is 1. The van der Waals surface area contributed by atoms with E-state index >= 15 is 0 Å². The van der Waals surface area contributed by atoms with Gasteiger partial charge in [0.1, 0.15) is 5.75 Å². The monoisotopic (exact) mass is 354 g/mol. The van der Waals surface area contributed by atoms with Gasteiger partial charge in [-0.05, 0) is 44.0 Å². The van der Waals surface area contributed by atoms with Crippen molar-refractivity contribution in [2.75, 3.05) is 7.11 Å². The Labute approximate surface area is 152 Å². The summed E-state index contributed by atoms with van der Waals surface area (Å²) in [6, 6.07) is 12.5. The maximum Gasteiger partial charge on any atom is 0.338 e. The van der Waals surface area contributed by atoms with Gasteiger partial charge in [0.15, 0.2) is 6.10 Å². The lowest BCUT2D eigenvalue weighted by atomic mass is 10.1. The molecule has 0 saturated heterocycles. The molecule has 6 heteroatoms. The van der Waals surface area contributed by atoms with Crippen LogP contribution in [-0.4, -0.2) is 31.3 Å². The number of nitrogens with zero attached hydrogens (tertiary/aromatic N) is 1. The molecule has 0 aliphatic carbocycles. The number of rotatable bonds is 6. The molecule has 26 heavy (non-hydrogen) atoms. The number of ether oxygens (including phenoxy) is 2. The van der Waals surface area contributed by atoms with Crippen LogP contribution in [0, 0.1) is 13.8 Å². The summed E-state index contributed by atoms with van der Waals surface area (Å²) in [5, 5.41) is 3.91. The maximum atomic E-state index is 12.2. The topological polar surface area (TPSA) is 77.0 Å². The third-order valence-corrected chi connectivity index (χ3v) is 3.97. The van der Waals surface area contributed by atoms with Gasteiger partial charge in [-0.2, -0.15) is 5.10 Å². The lowest BCUT2D eigenvalue weighted by molar-refractivity contribution is -0.127. The molecule has 0 fully saturated rings. The molecule has 0 heterocycles. The smallest absolute Gasteiger partial charge is 0.338 e. The number of carbonyl (C=O) groups is 2. The Balaban J connectivity index is 2.01. The molecule has 6 nitrogen and oxygen atoms in total. The van der Waals surface area contributed by atoms with E-state index in [0.717, 1.165) is 11.1 Å². The Morgan fingerprint density at radius 1 is 1.12 bits per heavy atom. The Morgan fingerprint density at radius 2 is 1.85 bits per heavy atom. The quantitative estimate of drug-likeness (QED) is 0.491.